The molecular formula is C21H24FN3O6. The second kappa shape index (κ2) is 8.18. The van der Waals surface area contributed by atoms with Gasteiger partial charge in [0, 0.05) is 31.9 Å². The Labute approximate surface area is 177 Å². The molecule has 0 radical (unpaired) electrons. The van der Waals surface area contributed by atoms with Crippen molar-refractivity contribution in [2.45, 2.75) is 31.8 Å². The zero-order valence-corrected chi connectivity index (χ0v) is 17.3. The number of piperazine rings is 1. The number of fused-ring (bicyclic) bond motifs is 1. The van der Waals surface area contributed by atoms with Gasteiger partial charge in [0.25, 0.3) is 0 Å². The molecule has 2 heterocycles. The van der Waals surface area contributed by atoms with E-state index < -0.39 is 34.8 Å². The van der Waals surface area contributed by atoms with E-state index in [1.165, 1.54) is 13.3 Å². The van der Waals surface area contributed by atoms with Crippen LogP contribution in [0.3, 0.4) is 0 Å². The second-order valence-electron chi connectivity index (χ2n) is 7.66. The summed E-state index contributed by atoms with van der Waals surface area (Å²) in [5, 5.41) is 12.5. The van der Waals surface area contributed by atoms with Gasteiger partial charge in [-0.15, -0.1) is 0 Å². The first-order valence-electron chi connectivity index (χ1n) is 10.2. The van der Waals surface area contributed by atoms with Crippen LogP contribution in [-0.2, 0) is 9.53 Å². The van der Waals surface area contributed by atoms with Crippen LogP contribution in [0.5, 0.6) is 5.75 Å². The number of pyridine rings is 1. The smallest absolute Gasteiger partial charge is 0.341 e. The largest absolute Gasteiger partial charge is 0.492 e. The van der Waals surface area contributed by atoms with E-state index >= 15 is 4.39 Å². The van der Waals surface area contributed by atoms with Crippen LogP contribution in [-0.4, -0.2) is 61.0 Å². The Hall–Kier alpha value is -3.14. The van der Waals surface area contributed by atoms with E-state index in [2.05, 4.69) is 5.32 Å². The Morgan fingerprint density at radius 2 is 2.10 bits per heavy atom. The zero-order valence-electron chi connectivity index (χ0n) is 17.3. The number of benzene rings is 1. The first-order chi connectivity index (χ1) is 14.9. The van der Waals surface area contributed by atoms with Crippen molar-refractivity contribution in [1.29, 1.82) is 0 Å². The fourth-order valence-electron chi connectivity index (χ4n) is 4.08. The molecule has 2 N–H and O–H groups in total. The topological polar surface area (TPSA) is 110 Å². The highest BCUT2D eigenvalue weighted by atomic mass is 19.1. The van der Waals surface area contributed by atoms with E-state index in [4.69, 9.17) is 9.47 Å². The Kier molecular flexibility index (Phi) is 5.57. The molecule has 0 spiro atoms. The summed E-state index contributed by atoms with van der Waals surface area (Å²) < 4.78 is 27.7. The molecule has 2 aliphatic rings. The van der Waals surface area contributed by atoms with Crippen LogP contribution in [0.4, 0.5) is 10.1 Å². The van der Waals surface area contributed by atoms with Gasteiger partial charge in [0.1, 0.15) is 17.3 Å². The van der Waals surface area contributed by atoms with Gasteiger partial charge in [-0.3, -0.25) is 9.59 Å². The van der Waals surface area contributed by atoms with Gasteiger partial charge in [-0.1, -0.05) is 0 Å². The molecule has 2 aromatic rings. The molecule has 2 fully saturated rings. The minimum Gasteiger partial charge on any atom is -0.492 e. The summed E-state index contributed by atoms with van der Waals surface area (Å²) in [4.78, 5) is 38.2. The van der Waals surface area contributed by atoms with Gasteiger partial charge in [-0.2, -0.15) is 0 Å². The number of carboxylic acid groups (broad SMARTS) is 1. The number of esters is 1. The SMILES string of the molecule is CCOC(=O)C1CN(c2c(F)cc3c(=O)c(C(=O)O)cn(C4CC4)c3c2OC)CCN1. The number of carbonyl (C=O) groups is 2. The fourth-order valence-corrected chi connectivity index (χ4v) is 4.08. The second-order valence-corrected chi connectivity index (χ2v) is 7.66. The van der Waals surface area contributed by atoms with E-state index in [-0.39, 0.29) is 36.0 Å². The number of methoxy groups -OCH3 is 1. The van der Waals surface area contributed by atoms with Gasteiger partial charge in [-0.05, 0) is 25.8 Å². The number of aromatic nitrogens is 1. The lowest BCUT2D eigenvalue weighted by Gasteiger charge is -2.35. The average Bonchev–Trinajstić information content (AvgIpc) is 3.58. The molecule has 1 atom stereocenters. The highest BCUT2D eigenvalue weighted by Crippen LogP contribution is 2.43. The van der Waals surface area contributed by atoms with Crippen LogP contribution in [0.25, 0.3) is 10.9 Å². The van der Waals surface area contributed by atoms with Gasteiger partial charge in [-0.25, -0.2) is 9.18 Å². The van der Waals surface area contributed by atoms with Gasteiger partial charge >= 0.3 is 11.9 Å². The number of halogens is 1. The van der Waals surface area contributed by atoms with Gasteiger partial charge in [0.05, 0.1) is 24.6 Å². The van der Waals surface area contributed by atoms with E-state index in [1.54, 1.807) is 16.4 Å². The van der Waals surface area contributed by atoms with Crippen LogP contribution in [0, 0.1) is 5.82 Å². The van der Waals surface area contributed by atoms with Crippen LogP contribution in [0.15, 0.2) is 17.1 Å². The van der Waals surface area contributed by atoms with Crippen molar-refractivity contribution in [2.75, 3.05) is 38.3 Å². The standard InChI is InChI=1S/C21H24FN3O6/c1-3-31-21(29)15-10-24(7-6-23-15)17-14(22)8-12-16(19(17)30-2)25(11-4-5-11)9-13(18(12)26)20(27)28/h8-9,11,15,23H,3-7,10H2,1-2H3,(H,27,28). The number of nitrogens with zero attached hydrogens (tertiary/aromatic N) is 2. The molecule has 9 nitrogen and oxygen atoms in total. The summed E-state index contributed by atoms with van der Waals surface area (Å²) in [6.45, 7) is 2.96. The number of nitrogens with one attached hydrogen (secondary N) is 1. The van der Waals surface area contributed by atoms with Crippen LogP contribution in [0.2, 0.25) is 0 Å². The average molecular weight is 433 g/mol. The van der Waals surface area contributed by atoms with E-state index in [0.29, 0.717) is 18.6 Å². The number of carbonyl (C=O) groups excluding carboxylic acids is 1. The number of ether oxygens (including phenoxy) is 2. The third-order valence-electron chi connectivity index (χ3n) is 5.64. The number of anilines is 1. The van der Waals surface area contributed by atoms with Crippen LogP contribution < -0.4 is 20.4 Å². The molecule has 0 bridgehead atoms. The molecule has 166 valence electrons. The van der Waals surface area contributed by atoms with E-state index in [9.17, 15) is 19.5 Å². The van der Waals surface area contributed by atoms with E-state index in [1.807, 2.05) is 0 Å². The Morgan fingerprint density at radius 3 is 2.71 bits per heavy atom. The van der Waals surface area contributed by atoms with Crippen molar-refractivity contribution < 1.29 is 28.6 Å². The molecule has 1 unspecified atom stereocenters. The Morgan fingerprint density at radius 1 is 1.35 bits per heavy atom. The molecule has 1 saturated carbocycles. The molecular weight excluding hydrogens is 409 g/mol. The van der Waals surface area contributed by atoms with E-state index in [0.717, 1.165) is 18.9 Å². The fraction of sp³-hybridized carbons (Fsp3) is 0.476. The molecule has 0 amide bonds. The van der Waals surface area contributed by atoms with Gasteiger partial charge < -0.3 is 29.4 Å². The molecule has 1 aliphatic heterocycles. The first-order valence-corrected chi connectivity index (χ1v) is 10.2. The summed E-state index contributed by atoms with van der Waals surface area (Å²) >= 11 is 0. The van der Waals surface area contributed by atoms with Crippen molar-refractivity contribution in [1.82, 2.24) is 9.88 Å². The highest BCUT2D eigenvalue weighted by Gasteiger charge is 2.33. The number of aromatic carboxylic acids is 1. The third kappa shape index (κ3) is 3.71. The molecule has 10 heteroatoms. The normalized spacial score (nSPS) is 18.8. The maximum absolute atomic E-state index is 15.3. The lowest BCUT2D eigenvalue weighted by molar-refractivity contribution is -0.145. The minimum absolute atomic E-state index is 0.0173. The molecule has 4 rings (SSSR count). The lowest BCUT2D eigenvalue weighted by Crippen LogP contribution is -2.55. The third-order valence-corrected chi connectivity index (χ3v) is 5.64. The molecule has 1 aromatic heterocycles. The molecule has 31 heavy (non-hydrogen) atoms. The summed E-state index contributed by atoms with van der Waals surface area (Å²) in [6.07, 6.45) is 2.96. The summed E-state index contributed by atoms with van der Waals surface area (Å²) in [6, 6.07) is 0.458. The summed E-state index contributed by atoms with van der Waals surface area (Å²) in [5.74, 6) is -2.34. The Balaban J connectivity index is 1.89. The highest BCUT2D eigenvalue weighted by molar-refractivity contribution is 5.97. The molecule has 1 aliphatic carbocycles. The minimum atomic E-state index is -1.36. The van der Waals surface area contributed by atoms with Crippen molar-refractivity contribution in [3.05, 3.63) is 33.9 Å². The summed E-state index contributed by atoms with van der Waals surface area (Å²) in [7, 11) is 1.38. The monoisotopic (exact) mass is 433 g/mol. The van der Waals surface area contributed by atoms with Gasteiger partial charge in [0.15, 0.2) is 11.6 Å². The number of carboxylic acids is 1. The number of hydrogen-bond acceptors (Lipinski definition) is 7. The maximum Gasteiger partial charge on any atom is 0.341 e. The predicted octanol–water partition coefficient (Wildman–Crippen LogP) is 1.52. The molecule has 1 aromatic carbocycles. The van der Waals surface area contributed by atoms with Crippen molar-refractivity contribution in [3.63, 3.8) is 0 Å². The lowest BCUT2D eigenvalue weighted by atomic mass is 10.1. The van der Waals surface area contributed by atoms with Crippen LogP contribution in [0.1, 0.15) is 36.2 Å². The van der Waals surface area contributed by atoms with Crippen molar-refractivity contribution in [2.24, 2.45) is 0 Å². The van der Waals surface area contributed by atoms with Crippen molar-refractivity contribution in [3.8, 4) is 5.75 Å². The number of hydrogen-bond donors (Lipinski definition) is 2. The predicted molar refractivity (Wildman–Crippen MR) is 111 cm³/mol. The quantitative estimate of drug-likeness (QED) is 0.660. The zero-order chi connectivity index (χ0) is 22.3. The van der Waals surface area contributed by atoms with Gasteiger partial charge in [0.2, 0.25) is 5.43 Å². The molecule has 1 saturated heterocycles. The number of rotatable bonds is 6. The summed E-state index contributed by atoms with van der Waals surface area (Å²) in [5.41, 5.74) is -0.656. The Bertz CT molecular complexity index is 1110. The first kappa shape index (κ1) is 21.1. The van der Waals surface area contributed by atoms with Crippen LogP contribution >= 0.6 is 0 Å². The van der Waals surface area contributed by atoms with Crippen molar-refractivity contribution >= 4 is 28.5 Å². The maximum atomic E-state index is 15.3.